The standard InChI is InChI=1S/C16H17N3O2/c20-15(13-4-9-17-10-5-13)19-11-6-16(21,7-12-19)14-3-1-2-8-18-14/h1-5,8-10,21H,6-7,11-12H2. The molecule has 1 saturated heterocycles. The smallest absolute Gasteiger partial charge is 0.253 e. The summed E-state index contributed by atoms with van der Waals surface area (Å²) in [7, 11) is 0. The van der Waals surface area contributed by atoms with E-state index in [1.165, 1.54) is 0 Å². The van der Waals surface area contributed by atoms with Crippen LogP contribution in [-0.4, -0.2) is 39.0 Å². The van der Waals surface area contributed by atoms with Crippen molar-refractivity contribution in [3.63, 3.8) is 0 Å². The van der Waals surface area contributed by atoms with Gasteiger partial charge in [0.25, 0.3) is 5.91 Å². The largest absolute Gasteiger partial charge is 0.383 e. The maximum Gasteiger partial charge on any atom is 0.253 e. The lowest BCUT2D eigenvalue weighted by Crippen LogP contribution is -2.45. The number of aromatic nitrogens is 2. The van der Waals surface area contributed by atoms with Gasteiger partial charge < -0.3 is 10.0 Å². The zero-order valence-electron chi connectivity index (χ0n) is 11.6. The zero-order chi connectivity index (χ0) is 14.7. The predicted molar refractivity (Wildman–Crippen MR) is 77.5 cm³/mol. The number of piperidine rings is 1. The molecule has 0 atom stereocenters. The molecule has 1 aliphatic heterocycles. The molecule has 5 heteroatoms. The van der Waals surface area contributed by atoms with E-state index >= 15 is 0 Å². The lowest BCUT2D eigenvalue weighted by molar-refractivity contribution is -0.0244. The average Bonchev–Trinajstić information content (AvgIpc) is 2.57. The van der Waals surface area contributed by atoms with Crippen LogP contribution >= 0.6 is 0 Å². The number of carbonyl (C=O) groups excluding carboxylic acids is 1. The number of carbonyl (C=O) groups is 1. The number of amides is 1. The molecule has 0 radical (unpaired) electrons. The van der Waals surface area contributed by atoms with E-state index in [1.54, 1.807) is 35.6 Å². The van der Waals surface area contributed by atoms with Gasteiger partial charge in [0.05, 0.1) is 5.69 Å². The molecule has 0 saturated carbocycles. The third-order valence-electron chi connectivity index (χ3n) is 3.95. The Hall–Kier alpha value is -2.27. The summed E-state index contributed by atoms with van der Waals surface area (Å²) in [6, 6.07) is 8.95. The molecule has 1 aliphatic rings. The lowest BCUT2D eigenvalue weighted by atomic mass is 9.87. The fraction of sp³-hybridized carbons (Fsp3) is 0.312. The summed E-state index contributed by atoms with van der Waals surface area (Å²) in [5, 5.41) is 10.7. The number of pyridine rings is 2. The van der Waals surface area contributed by atoms with Crippen LogP contribution in [0.25, 0.3) is 0 Å². The predicted octanol–water partition coefficient (Wildman–Crippen LogP) is 1.60. The summed E-state index contributed by atoms with van der Waals surface area (Å²) < 4.78 is 0. The Morgan fingerprint density at radius 3 is 2.43 bits per heavy atom. The minimum atomic E-state index is -0.934. The fourth-order valence-electron chi connectivity index (χ4n) is 2.65. The van der Waals surface area contributed by atoms with E-state index in [4.69, 9.17) is 0 Å². The molecule has 3 heterocycles. The second kappa shape index (κ2) is 5.61. The van der Waals surface area contributed by atoms with Gasteiger partial charge in [-0.25, -0.2) is 0 Å². The first kappa shape index (κ1) is 13.7. The van der Waals surface area contributed by atoms with Crippen molar-refractivity contribution in [3.05, 3.63) is 60.2 Å². The van der Waals surface area contributed by atoms with Crippen LogP contribution < -0.4 is 0 Å². The minimum Gasteiger partial charge on any atom is -0.383 e. The van der Waals surface area contributed by atoms with Crippen LogP contribution in [0.3, 0.4) is 0 Å². The van der Waals surface area contributed by atoms with E-state index in [9.17, 15) is 9.90 Å². The Morgan fingerprint density at radius 2 is 1.81 bits per heavy atom. The summed E-state index contributed by atoms with van der Waals surface area (Å²) in [5.41, 5.74) is 0.380. The van der Waals surface area contributed by atoms with Gasteiger partial charge in [-0.05, 0) is 37.1 Å². The highest BCUT2D eigenvalue weighted by Crippen LogP contribution is 2.31. The van der Waals surface area contributed by atoms with Crippen molar-refractivity contribution < 1.29 is 9.90 Å². The van der Waals surface area contributed by atoms with Gasteiger partial charge in [0, 0.05) is 37.2 Å². The normalized spacial score (nSPS) is 17.5. The van der Waals surface area contributed by atoms with Gasteiger partial charge >= 0.3 is 0 Å². The summed E-state index contributed by atoms with van der Waals surface area (Å²) >= 11 is 0. The van der Waals surface area contributed by atoms with Crippen molar-refractivity contribution in [2.45, 2.75) is 18.4 Å². The van der Waals surface area contributed by atoms with E-state index in [1.807, 2.05) is 18.2 Å². The molecular weight excluding hydrogens is 266 g/mol. The van der Waals surface area contributed by atoms with Crippen molar-refractivity contribution in [3.8, 4) is 0 Å². The average molecular weight is 283 g/mol. The van der Waals surface area contributed by atoms with E-state index in [0.29, 0.717) is 37.2 Å². The van der Waals surface area contributed by atoms with Crippen LogP contribution in [0, 0.1) is 0 Å². The highest BCUT2D eigenvalue weighted by molar-refractivity contribution is 5.94. The Labute approximate surface area is 123 Å². The van der Waals surface area contributed by atoms with Crippen molar-refractivity contribution in [1.29, 1.82) is 0 Å². The Balaban J connectivity index is 1.69. The first-order valence-electron chi connectivity index (χ1n) is 7.02. The van der Waals surface area contributed by atoms with Gasteiger partial charge in [0.1, 0.15) is 5.60 Å². The van der Waals surface area contributed by atoms with Crippen LogP contribution in [0.15, 0.2) is 48.9 Å². The molecule has 0 aromatic carbocycles. The molecule has 1 fully saturated rings. The van der Waals surface area contributed by atoms with Gasteiger partial charge in [-0.15, -0.1) is 0 Å². The van der Waals surface area contributed by atoms with Crippen molar-refractivity contribution in [2.24, 2.45) is 0 Å². The van der Waals surface area contributed by atoms with Gasteiger partial charge in [-0.2, -0.15) is 0 Å². The molecule has 0 spiro atoms. The number of rotatable bonds is 2. The fourth-order valence-corrected chi connectivity index (χ4v) is 2.65. The SMILES string of the molecule is O=C(c1ccncc1)N1CCC(O)(c2ccccn2)CC1. The maximum absolute atomic E-state index is 12.3. The van der Waals surface area contributed by atoms with E-state index in [-0.39, 0.29) is 5.91 Å². The molecular formula is C16H17N3O2. The van der Waals surface area contributed by atoms with Gasteiger partial charge in [0.15, 0.2) is 0 Å². The first-order valence-corrected chi connectivity index (χ1v) is 7.02. The molecule has 5 nitrogen and oxygen atoms in total. The van der Waals surface area contributed by atoms with Crippen LogP contribution in [0.2, 0.25) is 0 Å². The summed E-state index contributed by atoms with van der Waals surface area (Å²) in [6.45, 7) is 1.04. The molecule has 2 aromatic rings. The van der Waals surface area contributed by atoms with E-state index in [2.05, 4.69) is 9.97 Å². The van der Waals surface area contributed by atoms with Crippen molar-refractivity contribution >= 4 is 5.91 Å². The maximum atomic E-state index is 12.3. The number of likely N-dealkylation sites (tertiary alicyclic amines) is 1. The Bertz CT molecular complexity index is 608. The summed E-state index contributed by atoms with van der Waals surface area (Å²) in [5.74, 6) is -0.0135. The van der Waals surface area contributed by atoms with Gasteiger partial charge in [0.2, 0.25) is 0 Å². The second-order valence-corrected chi connectivity index (χ2v) is 5.27. The third kappa shape index (κ3) is 2.78. The quantitative estimate of drug-likeness (QED) is 0.909. The highest BCUT2D eigenvalue weighted by Gasteiger charge is 2.36. The molecule has 108 valence electrons. The molecule has 1 amide bonds. The molecule has 0 bridgehead atoms. The molecule has 21 heavy (non-hydrogen) atoms. The highest BCUT2D eigenvalue weighted by atomic mass is 16.3. The van der Waals surface area contributed by atoms with Crippen LogP contribution in [-0.2, 0) is 5.60 Å². The Morgan fingerprint density at radius 1 is 1.10 bits per heavy atom. The minimum absolute atomic E-state index is 0.0135. The van der Waals surface area contributed by atoms with Crippen LogP contribution in [0.5, 0.6) is 0 Å². The molecule has 1 N–H and O–H groups in total. The van der Waals surface area contributed by atoms with Crippen LogP contribution in [0.4, 0.5) is 0 Å². The second-order valence-electron chi connectivity index (χ2n) is 5.27. The van der Waals surface area contributed by atoms with E-state index < -0.39 is 5.60 Å². The lowest BCUT2D eigenvalue weighted by Gasteiger charge is -2.37. The van der Waals surface area contributed by atoms with Crippen molar-refractivity contribution in [1.82, 2.24) is 14.9 Å². The third-order valence-corrected chi connectivity index (χ3v) is 3.95. The molecule has 0 unspecified atom stereocenters. The topological polar surface area (TPSA) is 66.3 Å². The summed E-state index contributed by atoms with van der Waals surface area (Å²) in [6.07, 6.45) is 5.91. The van der Waals surface area contributed by atoms with Gasteiger partial charge in [-0.1, -0.05) is 6.07 Å². The number of aliphatic hydroxyl groups is 1. The number of hydrogen-bond acceptors (Lipinski definition) is 4. The Kier molecular flexibility index (Phi) is 3.66. The first-order chi connectivity index (χ1) is 10.2. The summed E-state index contributed by atoms with van der Waals surface area (Å²) in [4.78, 5) is 22.3. The molecule has 3 rings (SSSR count). The van der Waals surface area contributed by atoms with Gasteiger partial charge in [-0.3, -0.25) is 14.8 Å². The number of hydrogen-bond donors (Lipinski definition) is 1. The van der Waals surface area contributed by atoms with E-state index in [0.717, 1.165) is 0 Å². The zero-order valence-corrected chi connectivity index (χ0v) is 11.6. The number of nitrogens with zero attached hydrogens (tertiary/aromatic N) is 3. The monoisotopic (exact) mass is 283 g/mol. The van der Waals surface area contributed by atoms with Crippen molar-refractivity contribution in [2.75, 3.05) is 13.1 Å². The molecule has 0 aliphatic carbocycles. The molecule has 2 aromatic heterocycles. The van der Waals surface area contributed by atoms with Crippen LogP contribution in [0.1, 0.15) is 28.9 Å².